The number of alkyl halides is 3. The van der Waals surface area contributed by atoms with Gasteiger partial charge in [-0.1, -0.05) is 18.2 Å². The molecule has 0 aromatic heterocycles. The third-order valence-corrected chi connectivity index (χ3v) is 5.42. The van der Waals surface area contributed by atoms with Crippen LogP contribution in [0, 0.1) is 17.1 Å². The van der Waals surface area contributed by atoms with Crippen molar-refractivity contribution in [3.8, 4) is 22.9 Å². The van der Waals surface area contributed by atoms with Crippen LogP contribution in [0.15, 0.2) is 53.6 Å². The van der Waals surface area contributed by atoms with E-state index in [1.807, 2.05) is 5.32 Å². The highest BCUT2D eigenvalue weighted by atomic mass is 32.2. The maximum atomic E-state index is 14.7. The van der Waals surface area contributed by atoms with E-state index in [1.54, 1.807) is 0 Å². The van der Waals surface area contributed by atoms with E-state index in [0.29, 0.717) is 0 Å². The zero-order chi connectivity index (χ0) is 26.1. The van der Waals surface area contributed by atoms with Gasteiger partial charge in [0.15, 0.2) is 6.10 Å². The van der Waals surface area contributed by atoms with Crippen LogP contribution in [0.5, 0.6) is 5.75 Å². The topological polar surface area (TPSA) is 163 Å². The Labute approximate surface area is 193 Å². The van der Waals surface area contributed by atoms with Crippen molar-refractivity contribution in [2.45, 2.75) is 17.9 Å². The molecule has 0 spiro atoms. The number of nitrogens with one attached hydrogen (secondary N) is 1. The first kappa shape index (κ1) is 25.6. The molecule has 2 atom stereocenters. The Kier molecular flexibility index (Phi) is 6.83. The molecule has 3 N–H and O–H groups in total. The third kappa shape index (κ3) is 5.74. The summed E-state index contributed by atoms with van der Waals surface area (Å²) in [5, 5.41) is 20.4. The van der Waals surface area contributed by atoms with E-state index < -0.39 is 68.3 Å². The molecule has 3 rings (SSSR count). The summed E-state index contributed by atoms with van der Waals surface area (Å²) in [5.41, 5.74) is -5.04. The van der Waals surface area contributed by atoms with Crippen molar-refractivity contribution < 1.29 is 54.7 Å². The molecule has 1 aliphatic heterocycles. The minimum absolute atomic E-state index is 0.0871. The van der Waals surface area contributed by atoms with Gasteiger partial charge in [0.05, 0.1) is 22.9 Å². The van der Waals surface area contributed by atoms with Crippen molar-refractivity contribution in [2.75, 3.05) is 5.32 Å². The fraction of sp³-hybridized carbons (Fsp3) is 0.150. The van der Waals surface area contributed by atoms with Gasteiger partial charge in [0.25, 0.3) is 16.0 Å². The summed E-state index contributed by atoms with van der Waals surface area (Å²) >= 11 is 0. The van der Waals surface area contributed by atoms with Crippen LogP contribution < -0.4 is 10.1 Å². The predicted molar refractivity (Wildman–Crippen MR) is 108 cm³/mol. The fourth-order valence-electron chi connectivity index (χ4n) is 3.16. The minimum atomic E-state index is -5.19. The van der Waals surface area contributed by atoms with Crippen LogP contribution in [0.3, 0.4) is 0 Å². The van der Waals surface area contributed by atoms with Crippen LogP contribution in [0.2, 0.25) is 0 Å². The molecule has 1 aliphatic rings. The van der Waals surface area contributed by atoms with Gasteiger partial charge in [-0.2, -0.15) is 13.7 Å². The first-order chi connectivity index (χ1) is 16.2. The molecule has 2 aromatic rings. The Bertz CT molecular complexity index is 1380. The van der Waals surface area contributed by atoms with Crippen molar-refractivity contribution >= 4 is 27.7 Å². The molecule has 1 amide bonds. The van der Waals surface area contributed by atoms with Gasteiger partial charge in [-0.25, -0.2) is 9.18 Å². The molecule has 35 heavy (non-hydrogen) atoms. The minimum Gasteiger partial charge on any atom is -0.478 e. The molecule has 15 heteroatoms. The summed E-state index contributed by atoms with van der Waals surface area (Å²) in [7, 11) is -5.19. The van der Waals surface area contributed by atoms with Crippen molar-refractivity contribution in [2.24, 2.45) is 0 Å². The van der Waals surface area contributed by atoms with Crippen molar-refractivity contribution in [1.82, 2.24) is 0 Å². The van der Waals surface area contributed by atoms with Gasteiger partial charge in [-0.15, -0.1) is 13.2 Å². The number of ether oxygens (including phenoxy) is 2. The number of hydrogen-bond donors (Lipinski definition) is 3. The number of halogens is 4. The highest BCUT2D eigenvalue weighted by molar-refractivity contribution is 7.86. The number of hydrogen-bond acceptors (Lipinski definition) is 7. The number of nitriles is 1. The first-order valence-corrected chi connectivity index (χ1v) is 10.7. The lowest BCUT2D eigenvalue weighted by Crippen LogP contribution is -2.27. The molecule has 1 heterocycles. The summed E-state index contributed by atoms with van der Waals surface area (Å²) in [6, 6.07) is 9.05. The third-order valence-electron chi connectivity index (χ3n) is 4.53. The average molecular weight is 516 g/mol. The van der Waals surface area contributed by atoms with Gasteiger partial charge in [-0.3, -0.25) is 9.35 Å². The van der Waals surface area contributed by atoms with Gasteiger partial charge < -0.3 is 19.9 Å². The number of carboxylic acids is 1. The van der Waals surface area contributed by atoms with Crippen LogP contribution in [0.1, 0.15) is 0 Å². The Hall–Kier alpha value is -4.00. The van der Waals surface area contributed by atoms with Gasteiger partial charge in [0, 0.05) is 0 Å². The number of nitrogens with zero attached hydrogens (tertiary/aromatic N) is 1. The van der Waals surface area contributed by atoms with Crippen LogP contribution in [0.25, 0.3) is 11.1 Å². The summed E-state index contributed by atoms with van der Waals surface area (Å²) < 4.78 is 92.4. The number of carboxylic acid groups (broad SMARTS) is 1. The summed E-state index contributed by atoms with van der Waals surface area (Å²) in [5.74, 6) is -5.04. The number of aliphatic carboxylic acids is 1. The number of carbonyl (C=O) groups excluding carboxylic acids is 1. The number of rotatable bonds is 6. The molecule has 184 valence electrons. The van der Waals surface area contributed by atoms with E-state index in [9.17, 15) is 45.2 Å². The van der Waals surface area contributed by atoms with Crippen LogP contribution >= 0.6 is 0 Å². The van der Waals surface area contributed by atoms with E-state index in [0.717, 1.165) is 24.3 Å². The molecule has 0 radical (unpaired) electrons. The molecule has 10 nitrogen and oxygen atoms in total. The van der Waals surface area contributed by atoms with Crippen LogP contribution in [-0.2, 0) is 24.4 Å². The molecule has 2 unspecified atom stereocenters. The zero-order valence-corrected chi connectivity index (χ0v) is 17.7. The monoisotopic (exact) mass is 516 g/mol. The molecular formula is C20H12F4N2O8S. The van der Waals surface area contributed by atoms with Gasteiger partial charge >= 0.3 is 12.3 Å². The highest BCUT2D eigenvalue weighted by Crippen LogP contribution is 2.33. The standard InChI is InChI=1S/C20H12F4N2O8S/c21-12-7-10(9-2-1-3-11(6-9)34-20(22,23)24)4-5-13(12)26-17(27)15-14(8-25)33-19(35(30,31)32)16(15)18(28)29/h1-7,14,19H,(H,26,27)(H,28,29)(H,30,31,32). The summed E-state index contributed by atoms with van der Waals surface area (Å²) in [6.45, 7) is 0. The smallest absolute Gasteiger partial charge is 0.478 e. The largest absolute Gasteiger partial charge is 0.573 e. The SMILES string of the molecule is N#CC1OC(S(=O)(=O)O)C(C(=O)O)=C1C(=O)Nc1ccc(-c2cccc(OC(F)(F)F)c2)cc1F. The summed E-state index contributed by atoms with van der Waals surface area (Å²) in [6.07, 6.45) is -6.95. The van der Waals surface area contributed by atoms with Gasteiger partial charge in [0.1, 0.15) is 11.6 Å². The predicted octanol–water partition coefficient (Wildman–Crippen LogP) is 2.85. The van der Waals surface area contributed by atoms with E-state index in [4.69, 9.17) is 5.26 Å². The van der Waals surface area contributed by atoms with E-state index in [2.05, 4.69) is 9.47 Å². The van der Waals surface area contributed by atoms with E-state index in [1.165, 1.54) is 24.3 Å². The Morgan fingerprint density at radius 3 is 2.31 bits per heavy atom. The molecule has 0 aliphatic carbocycles. The van der Waals surface area contributed by atoms with Crippen LogP contribution in [-0.4, -0.2) is 47.9 Å². The number of anilines is 1. The second-order valence-electron chi connectivity index (χ2n) is 6.85. The zero-order valence-electron chi connectivity index (χ0n) is 16.9. The molecule has 0 saturated heterocycles. The molecule has 2 aromatic carbocycles. The fourth-order valence-corrected chi connectivity index (χ4v) is 3.94. The molecule has 0 bridgehead atoms. The molecule has 0 saturated carbocycles. The molecular weight excluding hydrogens is 504 g/mol. The first-order valence-electron chi connectivity index (χ1n) is 9.17. The summed E-state index contributed by atoms with van der Waals surface area (Å²) in [4.78, 5) is 24.1. The number of amides is 1. The van der Waals surface area contributed by atoms with Gasteiger partial charge in [0.2, 0.25) is 5.44 Å². The van der Waals surface area contributed by atoms with Crippen molar-refractivity contribution in [3.63, 3.8) is 0 Å². The normalized spacial score (nSPS) is 18.2. The maximum Gasteiger partial charge on any atom is 0.573 e. The number of benzene rings is 2. The second kappa shape index (κ2) is 9.33. The lowest BCUT2D eigenvalue weighted by atomic mass is 10.0. The van der Waals surface area contributed by atoms with E-state index in [-0.39, 0.29) is 11.1 Å². The van der Waals surface area contributed by atoms with Crippen LogP contribution in [0.4, 0.5) is 23.2 Å². The molecule has 0 fully saturated rings. The Morgan fingerprint density at radius 2 is 1.77 bits per heavy atom. The van der Waals surface area contributed by atoms with E-state index >= 15 is 0 Å². The van der Waals surface area contributed by atoms with Crippen molar-refractivity contribution in [1.29, 1.82) is 5.26 Å². The average Bonchev–Trinajstić information content (AvgIpc) is 3.15. The number of carbonyl (C=O) groups is 2. The quantitative estimate of drug-likeness (QED) is 0.387. The van der Waals surface area contributed by atoms with Crippen molar-refractivity contribution in [3.05, 3.63) is 59.4 Å². The second-order valence-corrected chi connectivity index (χ2v) is 8.31. The lowest BCUT2D eigenvalue weighted by Gasteiger charge is -2.12. The Balaban J connectivity index is 1.92. The Morgan fingerprint density at radius 1 is 1.11 bits per heavy atom. The lowest BCUT2D eigenvalue weighted by molar-refractivity contribution is -0.274. The maximum absolute atomic E-state index is 14.7. The van der Waals surface area contributed by atoms with Gasteiger partial charge in [-0.05, 0) is 35.4 Å². The highest BCUT2D eigenvalue weighted by Gasteiger charge is 2.47.